The summed E-state index contributed by atoms with van der Waals surface area (Å²) in [7, 11) is 0. The SMILES string of the molecule is CCOC(=O)c1ccc(N(Cc2c(Cl)cccc2Cl)C(=S)NC(=O)c2cccc(Br)c2)cc1. The van der Waals surface area contributed by atoms with E-state index in [2.05, 4.69) is 21.2 Å². The minimum absolute atomic E-state index is 0.153. The van der Waals surface area contributed by atoms with Crippen molar-refractivity contribution in [1.82, 2.24) is 5.32 Å². The van der Waals surface area contributed by atoms with E-state index in [1.54, 1.807) is 72.5 Å². The Balaban J connectivity index is 1.92. The molecule has 0 saturated carbocycles. The van der Waals surface area contributed by atoms with Crippen LogP contribution in [-0.4, -0.2) is 23.6 Å². The molecule has 0 unspecified atom stereocenters. The average Bonchev–Trinajstić information content (AvgIpc) is 2.79. The summed E-state index contributed by atoms with van der Waals surface area (Å²) in [5.41, 5.74) is 2.13. The van der Waals surface area contributed by atoms with Gasteiger partial charge in [-0.3, -0.25) is 10.1 Å². The number of halogens is 3. The highest BCUT2D eigenvalue weighted by Gasteiger charge is 2.20. The predicted molar refractivity (Wildman–Crippen MR) is 139 cm³/mol. The monoisotopic (exact) mass is 564 g/mol. The highest BCUT2D eigenvalue weighted by atomic mass is 79.9. The van der Waals surface area contributed by atoms with Gasteiger partial charge < -0.3 is 9.64 Å². The van der Waals surface area contributed by atoms with Gasteiger partial charge in [-0.05, 0) is 73.7 Å². The number of ether oxygens (including phenoxy) is 1. The molecular formula is C24H19BrCl2N2O3S. The average molecular weight is 566 g/mol. The van der Waals surface area contributed by atoms with Gasteiger partial charge in [-0.15, -0.1) is 0 Å². The number of rotatable bonds is 6. The lowest BCUT2D eigenvalue weighted by Crippen LogP contribution is -2.42. The van der Waals surface area contributed by atoms with E-state index in [0.717, 1.165) is 4.47 Å². The molecule has 3 aromatic carbocycles. The van der Waals surface area contributed by atoms with E-state index in [9.17, 15) is 9.59 Å². The van der Waals surface area contributed by atoms with Crippen molar-refractivity contribution in [3.63, 3.8) is 0 Å². The molecule has 5 nitrogen and oxygen atoms in total. The minimum atomic E-state index is -0.421. The molecule has 1 amide bonds. The summed E-state index contributed by atoms with van der Waals surface area (Å²) >= 11 is 21.7. The number of hydrogen-bond acceptors (Lipinski definition) is 4. The Labute approximate surface area is 215 Å². The Morgan fingerprint density at radius 3 is 2.24 bits per heavy atom. The number of benzene rings is 3. The van der Waals surface area contributed by atoms with Crippen LogP contribution in [0.4, 0.5) is 5.69 Å². The molecule has 0 fully saturated rings. The third-order valence-corrected chi connectivity index (χ3v) is 6.14. The summed E-state index contributed by atoms with van der Waals surface area (Å²) in [6.45, 7) is 2.23. The minimum Gasteiger partial charge on any atom is -0.462 e. The van der Waals surface area contributed by atoms with Gasteiger partial charge in [0.05, 0.1) is 18.7 Å². The third-order valence-electron chi connectivity index (χ3n) is 4.62. The van der Waals surface area contributed by atoms with Gasteiger partial charge in [0.2, 0.25) is 0 Å². The van der Waals surface area contributed by atoms with Crippen LogP contribution in [0.5, 0.6) is 0 Å². The van der Waals surface area contributed by atoms with E-state index in [-0.39, 0.29) is 24.2 Å². The molecule has 0 radical (unpaired) electrons. The van der Waals surface area contributed by atoms with E-state index >= 15 is 0 Å². The largest absolute Gasteiger partial charge is 0.462 e. The summed E-state index contributed by atoms with van der Waals surface area (Å²) in [6, 6.07) is 18.9. The first-order valence-electron chi connectivity index (χ1n) is 9.88. The number of carbonyl (C=O) groups excluding carboxylic acids is 2. The summed E-state index contributed by atoms with van der Waals surface area (Å²) < 4.78 is 5.81. The number of amides is 1. The molecule has 3 aromatic rings. The van der Waals surface area contributed by atoms with Gasteiger partial charge in [0.15, 0.2) is 5.11 Å². The number of carbonyl (C=O) groups is 2. The summed E-state index contributed by atoms with van der Waals surface area (Å²) in [5.74, 6) is -0.782. The Hall–Kier alpha value is -2.45. The lowest BCUT2D eigenvalue weighted by atomic mass is 10.1. The number of esters is 1. The van der Waals surface area contributed by atoms with E-state index < -0.39 is 5.97 Å². The van der Waals surface area contributed by atoms with Crippen molar-refractivity contribution >= 4 is 74.0 Å². The number of thiocarbonyl (C=S) groups is 1. The van der Waals surface area contributed by atoms with Gasteiger partial charge in [0, 0.05) is 31.3 Å². The fourth-order valence-electron chi connectivity index (χ4n) is 2.98. The molecule has 0 saturated heterocycles. The van der Waals surface area contributed by atoms with Crippen LogP contribution in [0.1, 0.15) is 33.2 Å². The zero-order valence-electron chi connectivity index (χ0n) is 17.5. The van der Waals surface area contributed by atoms with Crippen LogP contribution < -0.4 is 10.2 Å². The molecule has 0 aromatic heterocycles. The third kappa shape index (κ3) is 6.54. The van der Waals surface area contributed by atoms with E-state index in [4.69, 9.17) is 40.2 Å². The van der Waals surface area contributed by atoms with Crippen molar-refractivity contribution in [1.29, 1.82) is 0 Å². The topological polar surface area (TPSA) is 58.6 Å². The molecule has 33 heavy (non-hydrogen) atoms. The highest BCUT2D eigenvalue weighted by molar-refractivity contribution is 9.10. The molecule has 0 heterocycles. The maximum absolute atomic E-state index is 12.8. The Kier molecular flexibility index (Phi) is 8.86. The van der Waals surface area contributed by atoms with Crippen molar-refractivity contribution in [3.05, 3.63) is 97.9 Å². The summed E-state index contributed by atoms with van der Waals surface area (Å²) in [4.78, 5) is 26.5. The fraction of sp³-hybridized carbons (Fsp3) is 0.125. The predicted octanol–water partition coefficient (Wildman–Crippen LogP) is 6.65. The highest BCUT2D eigenvalue weighted by Crippen LogP contribution is 2.28. The maximum atomic E-state index is 12.8. The molecule has 0 atom stereocenters. The number of nitrogens with one attached hydrogen (secondary N) is 1. The Morgan fingerprint density at radius 1 is 1.00 bits per heavy atom. The summed E-state index contributed by atoms with van der Waals surface area (Å²) in [6.07, 6.45) is 0. The van der Waals surface area contributed by atoms with Gasteiger partial charge in [0.25, 0.3) is 5.91 Å². The molecule has 9 heteroatoms. The molecule has 0 bridgehead atoms. The molecule has 0 aliphatic heterocycles. The molecule has 1 N–H and O–H groups in total. The molecular weight excluding hydrogens is 547 g/mol. The lowest BCUT2D eigenvalue weighted by Gasteiger charge is -2.26. The second kappa shape index (κ2) is 11.6. The van der Waals surface area contributed by atoms with Crippen LogP contribution in [0.25, 0.3) is 0 Å². The zero-order valence-corrected chi connectivity index (χ0v) is 21.4. The van der Waals surface area contributed by atoms with Gasteiger partial charge in [-0.1, -0.05) is 51.3 Å². The summed E-state index contributed by atoms with van der Waals surface area (Å²) in [5, 5.41) is 3.85. The second-order valence-electron chi connectivity index (χ2n) is 6.82. The maximum Gasteiger partial charge on any atom is 0.338 e. The first-order valence-corrected chi connectivity index (χ1v) is 11.8. The molecule has 0 spiro atoms. The van der Waals surface area contributed by atoms with Gasteiger partial charge >= 0.3 is 5.97 Å². The van der Waals surface area contributed by atoms with E-state index in [0.29, 0.717) is 32.4 Å². The van der Waals surface area contributed by atoms with E-state index in [1.807, 2.05) is 6.07 Å². The fourth-order valence-corrected chi connectivity index (χ4v) is 4.16. The first-order chi connectivity index (χ1) is 15.8. The standard InChI is InChI=1S/C24H19BrCl2N2O3S/c1-2-32-23(31)15-9-11-18(12-10-15)29(14-19-20(26)7-4-8-21(19)27)24(33)28-22(30)16-5-3-6-17(25)13-16/h3-13H,2,14H2,1H3,(H,28,30,33). The van der Waals surface area contributed by atoms with Gasteiger partial charge in [0.1, 0.15) is 0 Å². The lowest BCUT2D eigenvalue weighted by molar-refractivity contribution is 0.0526. The van der Waals surface area contributed by atoms with Crippen molar-refractivity contribution in [2.24, 2.45) is 0 Å². The van der Waals surface area contributed by atoms with E-state index in [1.165, 1.54) is 0 Å². The molecule has 0 aliphatic rings. The number of anilines is 1. The smallest absolute Gasteiger partial charge is 0.338 e. The quantitative estimate of drug-likeness (QED) is 0.268. The van der Waals surface area contributed by atoms with Crippen LogP contribution in [0.2, 0.25) is 10.0 Å². The normalized spacial score (nSPS) is 10.4. The van der Waals surface area contributed by atoms with Crippen molar-refractivity contribution in [2.75, 3.05) is 11.5 Å². The van der Waals surface area contributed by atoms with Crippen LogP contribution in [-0.2, 0) is 11.3 Å². The van der Waals surface area contributed by atoms with Crippen LogP contribution in [0.15, 0.2) is 71.2 Å². The Morgan fingerprint density at radius 2 is 1.64 bits per heavy atom. The van der Waals surface area contributed by atoms with Crippen LogP contribution >= 0.6 is 51.3 Å². The van der Waals surface area contributed by atoms with Crippen LogP contribution in [0, 0.1) is 0 Å². The zero-order chi connectivity index (χ0) is 24.0. The van der Waals surface area contributed by atoms with Gasteiger partial charge in [-0.2, -0.15) is 0 Å². The molecule has 0 aliphatic carbocycles. The van der Waals surface area contributed by atoms with Gasteiger partial charge in [-0.25, -0.2) is 4.79 Å². The second-order valence-corrected chi connectivity index (χ2v) is 8.94. The van der Waals surface area contributed by atoms with Crippen molar-refractivity contribution in [2.45, 2.75) is 13.5 Å². The van der Waals surface area contributed by atoms with Crippen molar-refractivity contribution < 1.29 is 14.3 Å². The molecule has 170 valence electrons. The van der Waals surface area contributed by atoms with Crippen molar-refractivity contribution in [3.8, 4) is 0 Å². The number of nitrogens with zero attached hydrogens (tertiary/aromatic N) is 1. The first kappa shape index (κ1) is 25.2. The van der Waals surface area contributed by atoms with Crippen LogP contribution in [0.3, 0.4) is 0 Å². The Bertz CT molecular complexity index is 1170. The molecule has 3 rings (SSSR count). The number of hydrogen-bond donors (Lipinski definition) is 1.